The summed E-state index contributed by atoms with van der Waals surface area (Å²) in [5.41, 5.74) is 8.81. The highest BCUT2D eigenvalue weighted by atomic mass is 15.3. The van der Waals surface area contributed by atoms with E-state index in [4.69, 9.17) is 0 Å². The van der Waals surface area contributed by atoms with Gasteiger partial charge in [-0.2, -0.15) is 0 Å². The summed E-state index contributed by atoms with van der Waals surface area (Å²) >= 11 is 0. The average Bonchev–Trinajstić information content (AvgIpc) is 2.87. The van der Waals surface area contributed by atoms with Crippen LogP contribution in [0.25, 0.3) is 11.1 Å². The third-order valence-corrected chi connectivity index (χ3v) is 4.64. The molecular weight excluding hydrogens is 294 g/mol. The normalized spacial score (nSPS) is 13.0. The molecule has 128 valence electrons. The molecule has 0 saturated heterocycles. The van der Waals surface area contributed by atoms with Gasteiger partial charge in [-0.1, -0.05) is 36.4 Å². The fourth-order valence-electron chi connectivity index (χ4n) is 3.81. The second kappa shape index (κ2) is 7.06. The number of benzene rings is 2. The zero-order valence-corrected chi connectivity index (χ0v) is 15.6. The van der Waals surface area contributed by atoms with Gasteiger partial charge in [-0.25, -0.2) is 0 Å². The summed E-state index contributed by atoms with van der Waals surface area (Å²) in [7, 11) is 10.8. The van der Waals surface area contributed by atoms with E-state index in [1.165, 1.54) is 33.4 Å². The van der Waals surface area contributed by atoms with Crippen LogP contribution in [0.2, 0.25) is 0 Å². The monoisotopic (exact) mass is 323 g/mol. The molecule has 0 N–H and O–H groups in total. The van der Waals surface area contributed by atoms with Gasteiger partial charge in [0.2, 0.25) is 0 Å². The molecule has 1 aliphatic carbocycles. The van der Waals surface area contributed by atoms with E-state index in [1.807, 2.05) is 0 Å². The lowest BCUT2D eigenvalue weighted by Gasteiger charge is -2.24. The molecule has 3 heteroatoms. The topological polar surface area (TPSA) is 9.72 Å². The van der Waals surface area contributed by atoms with Crippen LogP contribution in [0.15, 0.2) is 36.4 Å². The van der Waals surface area contributed by atoms with Crippen LogP contribution in [-0.2, 0) is 19.5 Å². The van der Waals surface area contributed by atoms with Crippen molar-refractivity contribution in [3.8, 4) is 11.1 Å². The zero-order chi connectivity index (χ0) is 17.3. The Hall–Kier alpha value is -1.68. The van der Waals surface area contributed by atoms with E-state index in [-0.39, 0.29) is 0 Å². The fraction of sp³-hybridized carbons (Fsp3) is 0.429. The summed E-state index contributed by atoms with van der Waals surface area (Å²) in [6.45, 7) is 2.96. The predicted molar refractivity (Wildman–Crippen MR) is 102 cm³/mol. The van der Waals surface area contributed by atoms with Crippen LogP contribution >= 0.6 is 0 Å². The van der Waals surface area contributed by atoms with Crippen molar-refractivity contribution in [1.82, 2.24) is 14.7 Å². The van der Waals surface area contributed by atoms with Gasteiger partial charge < -0.3 is 4.90 Å². The van der Waals surface area contributed by atoms with Gasteiger partial charge in [-0.3, -0.25) is 9.80 Å². The van der Waals surface area contributed by atoms with Crippen molar-refractivity contribution in [2.45, 2.75) is 19.5 Å². The van der Waals surface area contributed by atoms with Gasteiger partial charge in [-0.15, -0.1) is 0 Å². The molecule has 0 fully saturated rings. The smallest absolute Gasteiger partial charge is 0.0501 e. The van der Waals surface area contributed by atoms with Gasteiger partial charge in [0.15, 0.2) is 0 Å². The molecule has 1 aliphatic rings. The van der Waals surface area contributed by atoms with Crippen molar-refractivity contribution < 1.29 is 0 Å². The Labute approximate surface area is 146 Å². The standard InChI is InChI=1S/C21H29N3/c1-22(2)14-21-17(13-24(5)15-23(3)4)10-11-19-18-9-7-6-8-16(18)12-20(19)21/h6-11H,12-15H2,1-5H3. The fourth-order valence-corrected chi connectivity index (χ4v) is 3.81. The lowest BCUT2D eigenvalue weighted by Crippen LogP contribution is -2.30. The molecule has 0 aromatic heterocycles. The Morgan fingerprint density at radius 2 is 1.54 bits per heavy atom. The SMILES string of the molecule is CN(C)Cc1c(CN(C)CN(C)C)ccc2c1Cc1ccccc1-2. The van der Waals surface area contributed by atoms with Crippen molar-refractivity contribution in [2.24, 2.45) is 0 Å². The number of rotatable bonds is 6. The van der Waals surface area contributed by atoms with Gasteiger partial charge in [-0.05, 0) is 75.0 Å². The predicted octanol–water partition coefficient (Wildman–Crippen LogP) is 3.27. The van der Waals surface area contributed by atoms with E-state index < -0.39 is 0 Å². The molecule has 0 saturated carbocycles. The van der Waals surface area contributed by atoms with E-state index >= 15 is 0 Å². The number of fused-ring (bicyclic) bond motifs is 3. The van der Waals surface area contributed by atoms with Crippen LogP contribution in [0.1, 0.15) is 22.3 Å². The minimum absolute atomic E-state index is 0.971. The van der Waals surface area contributed by atoms with E-state index in [9.17, 15) is 0 Å². The van der Waals surface area contributed by atoms with Crippen LogP contribution < -0.4 is 0 Å². The van der Waals surface area contributed by atoms with E-state index in [0.717, 1.165) is 26.2 Å². The Bertz CT molecular complexity index is 719. The number of nitrogens with zero attached hydrogens (tertiary/aromatic N) is 3. The molecule has 3 nitrogen and oxygen atoms in total. The molecule has 2 aromatic rings. The zero-order valence-electron chi connectivity index (χ0n) is 15.6. The van der Waals surface area contributed by atoms with Crippen LogP contribution in [-0.4, -0.2) is 56.6 Å². The Morgan fingerprint density at radius 3 is 2.25 bits per heavy atom. The summed E-state index contributed by atoms with van der Waals surface area (Å²) in [4.78, 5) is 6.88. The van der Waals surface area contributed by atoms with Gasteiger partial charge in [0.05, 0.1) is 6.67 Å². The van der Waals surface area contributed by atoms with Crippen molar-refractivity contribution in [1.29, 1.82) is 0 Å². The molecule has 3 rings (SSSR count). The highest BCUT2D eigenvalue weighted by Gasteiger charge is 2.23. The Balaban J connectivity index is 1.98. The molecule has 2 aromatic carbocycles. The summed E-state index contributed by atoms with van der Waals surface area (Å²) in [6.07, 6.45) is 1.07. The summed E-state index contributed by atoms with van der Waals surface area (Å²) < 4.78 is 0. The van der Waals surface area contributed by atoms with Crippen LogP contribution in [0.5, 0.6) is 0 Å². The molecule has 0 atom stereocenters. The Morgan fingerprint density at radius 1 is 0.792 bits per heavy atom. The quantitative estimate of drug-likeness (QED) is 0.645. The van der Waals surface area contributed by atoms with Crippen molar-refractivity contribution in [3.63, 3.8) is 0 Å². The van der Waals surface area contributed by atoms with E-state index in [2.05, 4.69) is 86.3 Å². The third-order valence-electron chi connectivity index (χ3n) is 4.64. The lowest BCUT2D eigenvalue weighted by atomic mass is 9.95. The van der Waals surface area contributed by atoms with Crippen molar-refractivity contribution >= 4 is 0 Å². The Kier molecular flexibility index (Phi) is 5.04. The highest BCUT2D eigenvalue weighted by molar-refractivity contribution is 5.78. The van der Waals surface area contributed by atoms with E-state index in [1.54, 1.807) is 0 Å². The largest absolute Gasteiger partial charge is 0.305 e. The lowest BCUT2D eigenvalue weighted by molar-refractivity contribution is 0.203. The molecule has 0 amide bonds. The maximum Gasteiger partial charge on any atom is 0.0501 e. The minimum atomic E-state index is 0.971. The van der Waals surface area contributed by atoms with Crippen LogP contribution in [0.4, 0.5) is 0 Å². The molecule has 0 bridgehead atoms. The maximum absolute atomic E-state index is 2.38. The van der Waals surface area contributed by atoms with Gasteiger partial charge in [0.25, 0.3) is 0 Å². The molecule has 0 aliphatic heterocycles. The molecular formula is C21H29N3. The first kappa shape index (κ1) is 17.2. The van der Waals surface area contributed by atoms with Gasteiger partial charge in [0.1, 0.15) is 0 Å². The highest BCUT2D eigenvalue weighted by Crippen LogP contribution is 2.39. The molecule has 0 radical (unpaired) electrons. The molecule has 0 spiro atoms. The molecule has 24 heavy (non-hydrogen) atoms. The summed E-state index contributed by atoms with van der Waals surface area (Å²) in [6, 6.07) is 13.5. The van der Waals surface area contributed by atoms with Gasteiger partial charge >= 0.3 is 0 Å². The van der Waals surface area contributed by atoms with Crippen LogP contribution in [0.3, 0.4) is 0 Å². The molecule has 0 heterocycles. The van der Waals surface area contributed by atoms with Crippen molar-refractivity contribution in [2.75, 3.05) is 41.9 Å². The first-order valence-corrected chi connectivity index (χ1v) is 8.65. The van der Waals surface area contributed by atoms with E-state index in [0.29, 0.717) is 0 Å². The summed E-state index contributed by atoms with van der Waals surface area (Å²) in [5.74, 6) is 0. The first-order chi connectivity index (χ1) is 11.5. The third kappa shape index (κ3) is 3.54. The maximum atomic E-state index is 2.38. The number of hydrogen-bond acceptors (Lipinski definition) is 3. The van der Waals surface area contributed by atoms with Crippen LogP contribution in [0, 0.1) is 0 Å². The molecule has 0 unspecified atom stereocenters. The average molecular weight is 323 g/mol. The second-order valence-electron chi connectivity index (χ2n) is 7.54. The first-order valence-electron chi connectivity index (χ1n) is 8.65. The van der Waals surface area contributed by atoms with Crippen molar-refractivity contribution in [3.05, 3.63) is 58.7 Å². The second-order valence-corrected chi connectivity index (χ2v) is 7.54. The van der Waals surface area contributed by atoms with Gasteiger partial charge in [0, 0.05) is 13.1 Å². The minimum Gasteiger partial charge on any atom is -0.305 e. The summed E-state index contributed by atoms with van der Waals surface area (Å²) in [5, 5.41) is 0. The number of hydrogen-bond donors (Lipinski definition) is 0.